The van der Waals surface area contributed by atoms with Gasteiger partial charge in [0, 0.05) is 29.7 Å². The van der Waals surface area contributed by atoms with Crippen LogP contribution in [0.4, 0.5) is 0 Å². The van der Waals surface area contributed by atoms with Crippen molar-refractivity contribution in [2.24, 2.45) is 0 Å². The molecule has 0 N–H and O–H groups in total. The van der Waals surface area contributed by atoms with Crippen LogP contribution in [-0.4, -0.2) is 22.8 Å². The monoisotopic (exact) mass is 352 g/mol. The van der Waals surface area contributed by atoms with Crippen LogP contribution in [0.3, 0.4) is 0 Å². The number of nitrogens with zero attached hydrogens (tertiary/aromatic N) is 2. The Balaban J connectivity index is 1.80. The second kappa shape index (κ2) is 7.24. The summed E-state index contributed by atoms with van der Waals surface area (Å²) in [5, 5.41) is 1.81. The predicted octanol–water partition coefficient (Wildman–Crippen LogP) is 4.71. The molecule has 0 saturated carbocycles. The second-order valence-corrected chi connectivity index (χ2v) is 6.81. The van der Waals surface area contributed by atoms with Crippen molar-refractivity contribution >= 4 is 28.4 Å². The third kappa shape index (κ3) is 3.83. The van der Waals surface area contributed by atoms with E-state index >= 15 is 0 Å². The van der Waals surface area contributed by atoms with Gasteiger partial charge in [-0.3, -0.25) is 9.78 Å². The van der Waals surface area contributed by atoms with E-state index in [1.807, 2.05) is 56.4 Å². The Labute approximate surface area is 153 Å². The van der Waals surface area contributed by atoms with Crippen molar-refractivity contribution in [1.29, 1.82) is 0 Å². The van der Waals surface area contributed by atoms with Crippen molar-refractivity contribution in [3.05, 3.63) is 75.9 Å². The number of para-hydroxylation sites is 1. The molecule has 0 fully saturated rings. The maximum absolute atomic E-state index is 12.7. The third-order valence-electron chi connectivity index (χ3n) is 4.57. The first-order valence-electron chi connectivity index (χ1n) is 8.29. The van der Waals surface area contributed by atoms with Gasteiger partial charge in [-0.15, -0.1) is 0 Å². The Morgan fingerprint density at radius 2 is 1.76 bits per heavy atom. The largest absolute Gasteiger partial charge is 0.341 e. The van der Waals surface area contributed by atoms with E-state index in [0.717, 1.165) is 33.3 Å². The van der Waals surface area contributed by atoms with E-state index in [0.29, 0.717) is 18.0 Å². The molecule has 1 heterocycles. The number of carbonyl (C=O) groups is 1. The quantitative estimate of drug-likeness (QED) is 0.681. The van der Waals surface area contributed by atoms with Crippen LogP contribution in [0.15, 0.2) is 48.5 Å². The van der Waals surface area contributed by atoms with Crippen LogP contribution in [0, 0.1) is 13.8 Å². The zero-order valence-corrected chi connectivity index (χ0v) is 15.5. The molecule has 1 amide bonds. The summed E-state index contributed by atoms with van der Waals surface area (Å²) in [5.74, 6) is 0.0817. The van der Waals surface area contributed by atoms with Crippen molar-refractivity contribution in [3.63, 3.8) is 0 Å². The highest BCUT2D eigenvalue weighted by atomic mass is 35.5. The molecule has 0 aliphatic carbocycles. The van der Waals surface area contributed by atoms with Crippen LogP contribution in [0.25, 0.3) is 10.9 Å². The average Bonchev–Trinajstić information content (AvgIpc) is 2.60. The van der Waals surface area contributed by atoms with E-state index in [1.165, 1.54) is 0 Å². The van der Waals surface area contributed by atoms with Crippen molar-refractivity contribution in [2.45, 2.75) is 26.8 Å². The number of pyridine rings is 1. The van der Waals surface area contributed by atoms with Crippen LogP contribution in [0.2, 0.25) is 5.02 Å². The Hall–Kier alpha value is -2.39. The number of halogens is 1. The molecule has 128 valence electrons. The van der Waals surface area contributed by atoms with Crippen LogP contribution in [-0.2, 0) is 17.8 Å². The van der Waals surface area contributed by atoms with Crippen LogP contribution in [0.5, 0.6) is 0 Å². The fraction of sp³-hybridized carbons (Fsp3) is 0.238. The Morgan fingerprint density at radius 3 is 2.48 bits per heavy atom. The molecule has 0 atom stereocenters. The number of hydrogen-bond donors (Lipinski definition) is 0. The standard InChI is InChI=1S/C21H21ClN2O/c1-14-18-6-4-5-7-20(18)23-15(2)19(14)12-21(25)24(3)13-16-8-10-17(22)11-9-16/h4-11H,12-13H2,1-3H3. The number of carbonyl (C=O) groups excluding carboxylic acids is 1. The van der Waals surface area contributed by atoms with Crippen molar-refractivity contribution in [1.82, 2.24) is 9.88 Å². The number of rotatable bonds is 4. The third-order valence-corrected chi connectivity index (χ3v) is 4.82. The summed E-state index contributed by atoms with van der Waals surface area (Å²) in [4.78, 5) is 19.1. The van der Waals surface area contributed by atoms with Crippen molar-refractivity contribution in [2.75, 3.05) is 7.05 Å². The lowest BCUT2D eigenvalue weighted by molar-refractivity contribution is -0.129. The Bertz CT molecular complexity index is 919. The highest BCUT2D eigenvalue weighted by Crippen LogP contribution is 2.23. The molecule has 4 heteroatoms. The van der Waals surface area contributed by atoms with Gasteiger partial charge in [-0.25, -0.2) is 0 Å². The van der Waals surface area contributed by atoms with E-state index in [1.54, 1.807) is 4.90 Å². The summed E-state index contributed by atoms with van der Waals surface area (Å²) >= 11 is 5.91. The molecule has 0 unspecified atom stereocenters. The van der Waals surface area contributed by atoms with Gasteiger partial charge in [0.15, 0.2) is 0 Å². The fourth-order valence-corrected chi connectivity index (χ4v) is 3.19. The maximum atomic E-state index is 12.7. The molecule has 0 spiro atoms. The SMILES string of the molecule is Cc1nc2ccccc2c(C)c1CC(=O)N(C)Cc1ccc(Cl)cc1. The van der Waals surface area contributed by atoms with Gasteiger partial charge in [-0.1, -0.05) is 41.9 Å². The van der Waals surface area contributed by atoms with Crippen molar-refractivity contribution < 1.29 is 4.79 Å². The summed E-state index contributed by atoms with van der Waals surface area (Å²) in [5.41, 5.74) is 5.11. The number of amides is 1. The van der Waals surface area contributed by atoms with Gasteiger partial charge < -0.3 is 4.90 Å². The highest BCUT2D eigenvalue weighted by Gasteiger charge is 2.16. The molecular weight excluding hydrogens is 332 g/mol. The molecule has 0 aliphatic heterocycles. The molecule has 0 bridgehead atoms. The molecule has 3 rings (SSSR count). The minimum Gasteiger partial charge on any atom is -0.341 e. The number of fused-ring (bicyclic) bond motifs is 1. The Morgan fingerprint density at radius 1 is 1.08 bits per heavy atom. The summed E-state index contributed by atoms with van der Waals surface area (Å²) in [6.45, 7) is 4.61. The smallest absolute Gasteiger partial charge is 0.227 e. The van der Waals surface area contributed by atoms with Crippen LogP contribution >= 0.6 is 11.6 Å². The van der Waals surface area contributed by atoms with E-state index in [9.17, 15) is 4.79 Å². The highest BCUT2D eigenvalue weighted by molar-refractivity contribution is 6.30. The number of benzene rings is 2. The lowest BCUT2D eigenvalue weighted by Crippen LogP contribution is -2.28. The van der Waals surface area contributed by atoms with E-state index in [2.05, 4.69) is 18.0 Å². The first-order chi connectivity index (χ1) is 12.0. The molecule has 3 aromatic rings. The van der Waals surface area contributed by atoms with Crippen LogP contribution in [0.1, 0.15) is 22.4 Å². The minimum absolute atomic E-state index is 0.0817. The molecular formula is C21H21ClN2O. The molecule has 2 aromatic carbocycles. The summed E-state index contributed by atoms with van der Waals surface area (Å²) in [7, 11) is 1.83. The zero-order chi connectivity index (χ0) is 18.0. The number of aromatic nitrogens is 1. The molecule has 3 nitrogen and oxygen atoms in total. The van der Waals surface area contributed by atoms with Gasteiger partial charge in [-0.05, 0) is 48.7 Å². The number of hydrogen-bond acceptors (Lipinski definition) is 2. The first kappa shape index (κ1) is 17.4. The lowest BCUT2D eigenvalue weighted by Gasteiger charge is -2.19. The number of likely N-dealkylation sites (N-methyl/N-ethyl adjacent to an activating group) is 1. The second-order valence-electron chi connectivity index (χ2n) is 6.37. The Kier molecular flexibility index (Phi) is 5.05. The van der Waals surface area contributed by atoms with Gasteiger partial charge >= 0.3 is 0 Å². The molecule has 0 aliphatic rings. The van der Waals surface area contributed by atoms with E-state index < -0.39 is 0 Å². The van der Waals surface area contributed by atoms with E-state index in [4.69, 9.17) is 11.6 Å². The number of aryl methyl sites for hydroxylation is 2. The minimum atomic E-state index is 0.0817. The molecule has 25 heavy (non-hydrogen) atoms. The summed E-state index contributed by atoms with van der Waals surface area (Å²) in [6, 6.07) is 15.6. The predicted molar refractivity (Wildman–Crippen MR) is 103 cm³/mol. The normalized spacial score (nSPS) is 10.9. The topological polar surface area (TPSA) is 33.2 Å². The van der Waals surface area contributed by atoms with Gasteiger partial charge in [0.25, 0.3) is 0 Å². The summed E-state index contributed by atoms with van der Waals surface area (Å²) in [6.07, 6.45) is 0.361. The molecule has 0 radical (unpaired) electrons. The first-order valence-corrected chi connectivity index (χ1v) is 8.66. The van der Waals surface area contributed by atoms with Crippen LogP contribution < -0.4 is 0 Å². The fourth-order valence-electron chi connectivity index (χ4n) is 3.07. The summed E-state index contributed by atoms with van der Waals surface area (Å²) < 4.78 is 0. The zero-order valence-electron chi connectivity index (χ0n) is 14.7. The van der Waals surface area contributed by atoms with Crippen molar-refractivity contribution in [3.8, 4) is 0 Å². The van der Waals surface area contributed by atoms with Gasteiger partial charge in [-0.2, -0.15) is 0 Å². The maximum Gasteiger partial charge on any atom is 0.227 e. The lowest BCUT2D eigenvalue weighted by atomic mass is 9.99. The van der Waals surface area contributed by atoms with Gasteiger partial charge in [0.2, 0.25) is 5.91 Å². The van der Waals surface area contributed by atoms with Gasteiger partial charge in [0.1, 0.15) is 0 Å². The molecule has 1 aromatic heterocycles. The van der Waals surface area contributed by atoms with E-state index in [-0.39, 0.29) is 5.91 Å². The average molecular weight is 353 g/mol. The van der Waals surface area contributed by atoms with Gasteiger partial charge in [0.05, 0.1) is 11.9 Å². The molecule has 0 saturated heterocycles.